The summed E-state index contributed by atoms with van der Waals surface area (Å²) in [6, 6.07) is 1.62. The maximum Gasteiger partial charge on any atom is 0.146 e. The van der Waals surface area contributed by atoms with Gasteiger partial charge >= 0.3 is 0 Å². The van der Waals surface area contributed by atoms with Crippen molar-refractivity contribution in [1.29, 1.82) is 0 Å². The van der Waals surface area contributed by atoms with E-state index in [0.717, 1.165) is 13.0 Å². The quantitative estimate of drug-likeness (QED) is 0.851. The fourth-order valence-corrected chi connectivity index (χ4v) is 2.28. The number of nitrogens with one attached hydrogen (secondary N) is 1. The number of likely N-dealkylation sites (N-methyl/N-ethyl adjacent to an activating group) is 1. The summed E-state index contributed by atoms with van der Waals surface area (Å²) < 4.78 is 19.3. The van der Waals surface area contributed by atoms with Crippen LogP contribution in [0.1, 0.15) is 24.9 Å². The summed E-state index contributed by atoms with van der Waals surface area (Å²) in [6.07, 6.45) is 3.94. The van der Waals surface area contributed by atoms with Crippen molar-refractivity contribution in [2.45, 2.75) is 25.5 Å². The summed E-state index contributed by atoms with van der Waals surface area (Å²) in [5.41, 5.74) is 0.635. The number of ether oxygens (including phenoxy) is 1. The third-order valence-corrected chi connectivity index (χ3v) is 3.22. The lowest BCUT2D eigenvalue weighted by molar-refractivity contribution is 0.0620. The van der Waals surface area contributed by atoms with Crippen LogP contribution in [-0.2, 0) is 4.74 Å². The highest BCUT2D eigenvalue weighted by Crippen LogP contribution is 2.31. The molecular formula is C12H17FN2O. The second-order valence-corrected chi connectivity index (χ2v) is 4.26. The van der Waals surface area contributed by atoms with E-state index in [1.165, 1.54) is 6.20 Å². The Morgan fingerprint density at radius 3 is 3.00 bits per heavy atom. The fourth-order valence-electron chi connectivity index (χ4n) is 2.28. The van der Waals surface area contributed by atoms with Crippen molar-refractivity contribution in [3.8, 4) is 0 Å². The number of rotatable bonds is 3. The predicted molar refractivity (Wildman–Crippen MR) is 59.5 cm³/mol. The lowest BCUT2D eigenvalue weighted by atomic mass is 9.93. The molecule has 4 heteroatoms. The van der Waals surface area contributed by atoms with Crippen molar-refractivity contribution in [2.24, 2.45) is 5.92 Å². The van der Waals surface area contributed by atoms with E-state index in [9.17, 15) is 4.39 Å². The Morgan fingerprint density at radius 2 is 2.44 bits per heavy atom. The van der Waals surface area contributed by atoms with Crippen LogP contribution in [0.15, 0.2) is 18.5 Å². The van der Waals surface area contributed by atoms with Crippen molar-refractivity contribution in [3.05, 3.63) is 29.8 Å². The van der Waals surface area contributed by atoms with Crippen LogP contribution in [0.2, 0.25) is 0 Å². The zero-order valence-electron chi connectivity index (χ0n) is 9.61. The average Bonchev–Trinajstić information content (AvgIpc) is 2.69. The Hall–Kier alpha value is -1.00. The SMILES string of the molecule is CNC(c1ccncc1F)C1OCCC1C. The lowest BCUT2D eigenvalue weighted by Crippen LogP contribution is -2.33. The van der Waals surface area contributed by atoms with Crippen LogP contribution >= 0.6 is 0 Å². The predicted octanol–water partition coefficient (Wildman–Crippen LogP) is 1.91. The molecule has 1 aromatic heterocycles. The largest absolute Gasteiger partial charge is 0.376 e. The minimum absolute atomic E-state index is 0.0434. The minimum atomic E-state index is -0.274. The molecule has 0 bridgehead atoms. The Balaban J connectivity index is 2.25. The highest BCUT2D eigenvalue weighted by molar-refractivity contribution is 5.19. The zero-order chi connectivity index (χ0) is 11.5. The first-order chi connectivity index (χ1) is 7.74. The van der Waals surface area contributed by atoms with Crippen LogP contribution < -0.4 is 5.32 Å². The number of pyridine rings is 1. The maximum absolute atomic E-state index is 13.6. The topological polar surface area (TPSA) is 34.2 Å². The molecule has 1 aliphatic heterocycles. The molecule has 88 valence electrons. The molecule has 2 heterocycles. The van der Waals surface area contributed by atoms with Crippen LogP contribution in [0, 0.1) is 11.7 Å². The Labute approximate surface area is 95.0 Å². The number of halogens is 1. The maximum atomic E-state index is 13.6. The van der Waals surface area contributed by atoms with E-state index >= 15 is 0 Å². The molecule has 0 radical (unpaired) electrons. The summed E-state index contributed by atoms with van der Waals surface area (Å²) in [5, 5.41) is 3.14. The standard InChI is InChI=1S/C12H17FN2O/c1-8-4-6-16-12(8)11(14-2)9-3-5-15-7-10(9)13/h3,5,7-8,11-12,14H,4,6H2,1-2H3. The molecule has 0 saturated carbocycles. The van der Waals surface area contributed by atoms with Crippen molar-refractivity contribution in [2.75, 3.05) is 13.7 Å². The van der Waals surface area contributed by atoms with Crippen LogP contribution in [0.4, 0.5) is 4.39 Å². The number of nitrogens with zero attached hydrogens (tertiary/aromatic N) is 1. The molecule has 3 atom stereocenters. The summed E-state index contributed by atoms with van der Waals surface area (Å²) in [6.45, 7) is 2.90. The third-order valence-electron chi connectivity index (χ3n) is 3.22. The fraction of sp³-hybridized carbons (Fsp3) is 0.583. The molecule has 0 aromatic carbocycles. The van der Waals surface area contributed by atoms with E-state index in [0.29, 0.717) is 11.5 Å². The number of hydrogen-bond donors (Lipinski definition) is 1. The Kier molecular flexibility index (Phi) is 3.51. The smallest absolute Gasteiger partial charge is 0.146 e. The van der Waals surface area contributed by atoms with Gasteiger partial charge in [-0.1, -0.05) is 6.92 Å². The molecule has 16 heavy (non-hydrogen) atoms. The molecule has 3 nitrogen and oxygen atoms in total. The van der Waals surface area contributed by atoms with E-state index < -0.39 is 0 Å². The average molecular weight is 224 g/mol. The summed E-state index contributed by atoms with van der Waals surface area (Å²) >= 11 is 0. The molecule has 1 fully saturated rings. The van der Waals surface area contributed by atoms with Crippen LogP contribution in [0.3, 0.4) is 0 Å². The normalized spacial score (nSPS) is 26.9. The molecule has 0 spiro atoms. The van der Waals surface area contributed by atoms with Gasteiger partial charge in [-0.15, -0.1) is 0 Å². The second-order valence-electron chi connectivity index (χ2n) is 4.26. The number of aromatic nitrogens is 1. The third kappa shape index (κ3) is 2.08. The van der Waals surface area contributed by atoms with Gasteiger partial charge in [0, 0.05) is 18.4 Å². The second kappa shape index (κ2) is 4.89. The monoisotopic (exact) mass is 224 g/mol. The lowest BCUT2D eigenvalue weighted by Gasteiger charge is -2.26. The molecule has 1 aliphatic rings. The summed E-state index contributed by atoms with van der Waals surface area (Å²) in [7, 11) is 1.83. The van der Waals surface area contributed by atoms with E-state index in [4.69, 9.17) is 4.74 Å². The summed E-state index contributed by atoms with van der Waals surface area (Å²) in [5.74, 6) is 0.176. The Morgan fingerprint density at radius 1 is 1.62 bits per heavy atom. The van der Waals surface area contributed by atoms with Crippen LogP contribution in [-0.4, -0.2) is 24.7 Å². The van der Waals surface area contributed by atoms with Crippen molar-refractivity contribution in [3.63, 3.8) is 0 Å². The molecule has 1 aromatic rings. The highest BCUT2D eigenvalue weighted by Gasteiger charge is 2.33. The van der Waals surface area contributed by atoms with Crippen LogP contribution in [0.25, 0.3) is 0 Å². The molecule has 3 unspecified atom stereocenters. The van der Waals surface area contributed by atoms with E-state index in [2.05, 4.69) is 17.2 Å². The first-order valence-electron chi connectivity index (χ1n) is 5.62. The van der Waals surface area contributed by atoms with Gasteiger partial charge in [0.1, 0.15) is 5.82 Å². The van der Waals surface area contributed by atoms with Gasteiger partial charge in [0.25, 0.3) is 0 Å². The first kappa shape index (κ1) is 11.5. The molecule has 0 aliphatic carbocycles. The number of hydrogen-bond acceptors (Lipinski definition) is 3. The van der Waals surface area contributed by atoms with Crippen molar-refractivity contribution < 1.29 is 9.13 Å². The minimum Gasteiger partial charge on any atom is -0.376 e. The van der Waals surface area contributed by atoms with Gasteiger partial charge in [-0.2, -0.15) is 0 Å². The molecule has 2 rings (SSSR count). The highest BCUT2D eigenvalue weighted by atomic mass is 19.1. The Bertz CT molecular complexity index is 359. The van der Waals surface area contributed by atoms with E-state index in [1.807, 2.05) is 7.05 Å². The van der Waals surface area contributed by atoms with Gasteiger partial charge in [-0.05, 0) is 25.5 Å². The zero-order valence-corrected chi connectivity index (χ0v) is 9.61. The first-order valence-corrected chi connectivity index (χ1v) is 5.62. The van der Waals surface area contributed by atoms with Gasteiger partial charge in [-0.3, -0.25) is 4.98 Å². The summed E-state index contributed by atoms with van der Waals surface area (Å²) in [4.78, 5) is 3.76. The molecule has 0 amide bonds. The van der Waals surface area contributed by atoms with Crippen molar-refractivity contribution >= 4 is 0 Å². The van der Waals surface area contributed by atoms with Gasteiger partial charge in [0.2, 0.25) is 0 Å². The molecule has 1 N–H and O–H groups in total. The molecule has 1 saturated heterocycles. The van der Waals surface area contributed by atoms with Crippen LogP contribution in [0.5, 0.6) is 0 Å². The van der Waals surface area contributed by atoms with Gasteiger partial charge in [0.05, 0.1) is 18.3 Å². The van der Waals surface area contributed by atoms with Gasteiger partial charge in [-0.25, -0.2) is 4.39 Å². The van der Waals surface area contributed by atoms with Gasteiger partial charge < -0.3 is 10.1 Å². The van der Waals surface area contributed by atoms with E-state index in [-0.39, 0.29) is 18.0 Å². The van der Waals surface area contributed by atoms with Gasteiger partial charge in [0.15, 0.2) is 0 Å². The van der Waals surface area contributed by atoms with Crippen molar-refractivity contribution in [1.82, 2.24) is 10.3 Å². The van der Waals surface area contributed by atoms with E-state index in [1.54, 1.807) is 12.3 Å². The molecular weight excluding hydrogens is 207 g/mol.